The Morgan fingerprint density at radius 1 is 1.12 bits per heavy atom. The standard InChI is InChI=1S/C21H26ClNO2/c1-6-19(25-20-10-8-7-9-18(20)22)21(24)23-16(5)17-12-14(3)13(2)11-15(17)4/h7-12,16,19H,6H2,1-5H3,(H,23,24). The van der Waals surface area contributed by atoms with Crippen molar-refractivity contribution in [3.05, 3.63) is 63.7 Å². The maximum atomic E-state index is 12.7. The van der Waals surface area contributed by atoms with Gasteiger partial charge in [0.25, 0.3) is 5.91 Å². The van der Waals surface area contributed by atoms with Crippen molar-refractivity contribution >= 4 is 17.5 Å². The lowest BCUT2D eigenvalue weighted by atomic mass is 9.96. The fourth-order valence-corrected chi connectivity index (χ4v) is 3.03. The Labute approximate surface area is 155 Å². The Bertz CT molecular complexity index is 758. The molecule has 2 atom stereocenters. The highest BCUT2D eigenvalue weighted by atomic mass is 35.5. The molecule has 0 fully saturated rings. The maximum Gasteiger partial charge on any atom is 0.261 e. The number of nitrogens with one attached hydrogen (secondary N) is 1. The zero-order valence-corrected chi connectivity index (χ0v) is 16.3. The van der Waals surface area contributed by atoms with Crippen molar-refractivity contribution in [1.82, 2.24) is 5.32 Å². The topological polar surface area (TPSA) is 38.3 Å². The number of hydrogen-bond donors (Lipinski definition) is 1. The van der Waals surface area contributed by atoms with E-state index in [0.717, 1.165) is 5.56 Å². The van der Waals surface area contributed by atoms with Gasteiger partial charge in [0, 0.05) is 0 Å². The monoisotopic (exact) mass is 359 g/mol. The van der Waals surface area contributed by atoms with Crippen molar-refractivity contribution < 1.29 is 9.53 Å². The number of halogens is 1. The number of ether oxygens (including phenoxy) is 1. The first kappa shape index (κ1) is 19.3. The Hall–Kier alpha value is -2.00. The molecule has 2 aromatic rings. The van der Waals surface area contributed by atoms with E-state index in [9.17, 15) is 4.79 Å². The highest BCUT2D eigenvalue weighted by molar-refractivity contribution is 6.32. The molecule has 0 heterocycles. The summed E-state index contributed by atoms with van der Waals surface area (Å²) in [5, 5.41) is 3.57. The van der Waals surface area contributed by atoms with Crippen LogP contribution in [0, 0.1) is 20.8 Å². The van der Waals surface area contributed by atoms with Crippen molar-refractivity contribution in [2.24, 2.45) is 0 Å². The van der Waals surface area contributed by atoms with Crippen molar-refractivity contribution in [3.63, 3.8) is 0 Å². The molecular weight excluding hydrogens is 334 g/mol. The number of hydrogen-bond acceptors (Lipinski definition) is 2. The van der Waals surface area contributed by atoms with E-state index in [1.165, 1.54) is 16.7 Å². The van der Waals surface area contributed by atoms with Gasteiger partial charge in [-0.1, -0.05) is 42.8 Å². The Morgan fingerprint density at radius 3 is 2.40 bits per heavy atom. The summed E-state index contributed by atoms with van der Waals surface area (Å²) in [7, 11) is 0. The largest absolute Gasteiger partial charge is 0.479 e. The molecule has 134 valence electrons. The predicted octanol–water partition coefficient (Wildman–Crippen LogP) is 5.30. The predicted molar refractivity (Wildman–Crippen MR) is 103 cm³/mol. The molecule has 0 aliphatic carbocycles. The lowest BCUT2D eigenvalue weighted by Crippen LogP contribution is -2.39. The van der Waals surface area contributed by atoms with Gasteiger partial charge in [0.2, 0.25) is 0 Å². The molecule has 1 N–H and O–H groups in total. The molecule has 25 heavy (non-hydrogen) atoms. The van der Waals surface area contributed by atoms with E-state index in [-0.39, 0.29) is 11.9 Å². The molecule has 0 saturated heterocycles. The summed E-state index contributed by atoms with van der Waals surface area (Å²) in [5.41, 5.74) is 4.79. The summed E-state index contributed by atoms with van der Waals surface area (Å²) >= 11 is 6.13. The molecular formula is C21H26ClNO2. The van der Waals surface area contributed by atoms with Gasteiger partial charge in [0.05, 0.1) is 11.1 Å². The van der Waals surface area contributed by atoms with Gasteiger partial charge in [-0.3, -0.25) is 4.79 Å². The third kappa shape index (κ3) is 4.76. The summed E-state index contributed by atoms with van der Waals surface area (Å²) in [6.45, 7) is 10.2. The van der Waals surface area contributed by atoms with E-state index in [2.05, 4.69) is 38.2 Å². The van der Waals surface area contributed by atoms with E-state index in [4.69, 9.17) is 16.3 Å². The average molecular weight is 360 g/mol. The minimum atomic E-state index is -0.575. The number of aryl methyl sites for hydroxylation is 3. The van der Waals surface area contributed by atoms with Crippen LogP contribution in [0.4, 0.5) is 0 Å². The Balaban J connectivity index is 2.11. The van der Waals surface area contributed by atoms with Crippen LogP contribution in [-0.4, -0.2) is 12.0 Å². The highest BCUT2D eigenvalue weighted by Gasteiger charge is 2.22. The molecule has 3 nitrogen and oxygen atoms in total. The molecule has 1 amide bonds. The maximum absolute atomic E-state index is 12.7. The molecule has 2 rings (SSSR count). The van der Waals surface area contributed by atoms with Crippen LogP contribution in [0.15, 0.2) is 36.4 Å². The zero-order chi connectivity index (χ0) is 18.6. The molecule has 0 aliphatic rings. The molecule has 0 spiro atoms. The van der Waals surface area contributed by atoms with Gasteiger partial charge in [0.15, 0.2) is 6.10 Å². The van der Waals surface area contributed by atoms with Crippen molar-refractivity contribution in [2.75, 3.05) is 0 Å². The molecule has 2 unspecified atom stereocenters. The number of benzene rings is 2. The molecule has 0 aliphatic heterocycles. The van der Waals surface area contributed by atoms with Crippen LogP contribution in [0.1, 0.15) is 48.6 Å². The summed E-state index contributed by atoms with van der Waals surface area (Å²) < 4.78 is 5.82. The second-order valence-corrected chi connectivity index (χ2v) is 6.88. The molecule has 0 aromatic heterocycles. The van der Waals surface area contributed by atoms with Gasteiger partial charge in [0.1, 0.15) is 5.75 Å². The second kappa shape index (κ2) is 8.39. The van der Waals surface area contributed by atoms with Gasteiger partial charge in [-0.05, 0) is 68.5 Å². The number of carbonyl (C=O) groups is 1. The van der Waals surface area contributed by atoms with Crippen molar-refractivity contribution in [3.8, 4) is 5.75 Å². The minimum Gasteiger partial charge on any atom is -0.479 e. The summed E-state index contributed by atoms with van der Waals surface area (Å²) in [6, 6.07) is 11.4. The SMILES string of the molecule is CCC(Oc1ccccc1Cl)C(=O)NC(C)c1cc(C)c(C)cc1C. The van der Waals surface area contributed by atoms with Crippen LogP contribution in [0.2, 0.25) is 5.02 Å². The van der Waals surface area contributed by atoms with E-state index in [0.29, 0.717) is 17.2 Å². The second-order valence-electron chi connectivity index (χ2n) is 6.47. The van der Waals surface area contributed by atoms with Crippen molar-refractivity contribution in [1.29, 1.82) is 0 Å². The number of rotatable bonds is 6. The first-order chi connectivity index (χ1) is 11.8. The third-order valence-corrected chi connectivity index (χ3v) is 4.79. The lowest BCUT2D eigenvalue weighted by Gasteiger charge is -2.22. The van der Waals surface area contributed by atoms with Gasteiger partial charge >= 0.3 is 0 Å². The van der Waals surface area contributed by atoms with Crippen LogP contribution < -0.4 is 10.1 Å². The third-order valence-electron chi connectivity index (χ3n) is 4.48. The molecule has 0 radical (unpaired) electrons. The van der Waals surface area contributed by atoms with E-state index in [1.807, 2.05) is 26.0 Å². The molecule has 4 heteroatoms. The van der Waals surface area contributed by atoms with Crippen molar-refractivity contribution in [2.45, 2.75) is 53.2 Å². The highest BCUT2D eigenvalue weighted by Crippen LogP contribution is 2.26. The first-order valence-corrected chi connectivity index (χ1v) is 9.00. The number of para-hydroxylation sites is 1. The fourth-order valence-electron chi connectivity index (χ4n) is 2.85. The first-order valence-electron chi connectivity index (χ1n) is 8.62. The van der Waals surface area contributed by atoms with Gasteiger partial charge in [-0.25, -0.2) is 0 Å². The smallest absolute Gasteiger partial charge is 0.261 e. The van der Waals surface area contributed by atoms with Crippen LogP contribution >= 0.6 is 11.6 Å². The summed E-state index contributed by atoms with van der Waals surface area (Å²) in [6.07, 6.45) is -0.00965. The number of amides is 1. The fraction of sp³-hybridized carbons (Fsp3) is 0.381. The van der Waals surface area contributed by atoms with Crippen LogP contribution in [-0.2, 0) is 4.79 Å². The molecule has 0 saturated carbocycles. The van der Waals surface area contributed by atoms with Crippen LogP contribution in [0.25, 0.3) is 0 Å². The van der Waals surface area contributed by atoms with E-state index < -0.39 is 6.10 Å². The van der Waals surface area contributed by atoms with E-state index >= 15 is 0 Å². The molecule has 0 bridgehead atoms. The normalized spacial score (nSPS) is 13.2. The van der Waals surface area contributed by atoms with Crippen LogP contribution in [0.5, 0.6) is 5.75 Å². The quantitative estimate of drug-likeness (QED) is 0.760. The zero-order valence-electron chi connectivity index (χ0n) is 15.5. The van der Waals surface area contributed by atoms with Crippen LogP contribution in [0.3, 0.4) is 0 Å². The average Bonchev–Trinajstić information content (AvgIpc) is 2.57. The summed E-state index contributed by atoms with van der Waals surface area (Å²) in [5.74, 6) is 0.397. The Kier molecular flexibility index (Phi) is 6.49. The minimum absolute atomic E-state index is 0.0873. The summed E-state index contributed by atoms with van der Waals surface area (Å²) in [4.78, 5) is 12.7. The lowest BCUT2D eigenvalue weighted by molar-refractivity contribution is -0.128. The van der Waals surface area contributed by atoms with Gasteiger partial charge in [-0.15, -0.1) is 0 Å². The Morgan fingerprint density at radius 2 is 1.76 bits per heavy atom. The van der Waals surface area contributed by atoms with Gasteiger partial charge in [-0.2, -0.15) is 0 Å². The van der Waals surface area contributed by atoms with Gasteiger partial charge < -0.3 is 10.1 Å². The number of carbonyl (C=O) groups excluding carboxylic acids is 1. The molecule has 2 aromatic carbocycles. The van der Waals surface area contributed by atoms with E-state index in [1.54, 1.807) is 12.1 Å².